The Kier molecular flexibility index (Phi) is 4.14. The molecule has 3 aliphatic rings. The zero-order valence-electron chi connectivity index (χ0n) is 19.3. The van der Waals surface area contributed by atoms with Crippen LogP contribution in [0, 0.1) is 11.6 Å². The number of nitrogens with two attached hydrogens (primary N) is 1. The molecule has 2 unspecified atom stereocenters. The molecule has 2 fully saturated rings. The number of hydrogen-bond acceptors (Lipinski definition) is 7. The third-order valence-corrected chi connectivity index (χ3v) is 7.95. The number of amides is 2. The maximum atomic E-state index is 14.6. The number of aromatic amines is 1. The number of aliphatic hydroxyl groups is 2. The molecule has 5 aromatic rings. The number of hydrazine groups is 1. The lowest BCUT2D eigenvalue weighted by Crippen LogP contribution is -2.50. The lowest BCUT2D eigenvalue weighted by atomic mass is 9.96. The number of benzene rings is 3. The Bertz CT molecular complexity index is 1910. The predicted octanol–water partition coefficient (Wildman–Crippen LogP) is 2.19. The number of H-pyrrole nitrogens is 1. The minimum atomic E-state index is -1.33. The zero-order chi connectivity index (χ0) is 26.2. The molecule has 0 radical (unpaired) electrons. The molecule has 5 atom stereocenters. The molecule has 0 aliphatic carbocycles. The molecule has 38 heavy (non-hydrogen) atoms. The van der Waals surface area contributed by atoms with E-state index in [0.717, 1.165) is 0 Å². The molecule has 0 saturated carbocycles. The van der Waals surface area contributed by atoms with Crippen LogP contribution in [0.25, 0.3) is 43.6 Å². The van der Waals surface area contributed by atoms with E-state index in [-0.39, 0.29) is 33.9 Å². The fourth-order valence-corrected chi connectivity index (χ4v) is 6.33. The number of fused-ring (bicyclic) bond motifs is 12. The Labute approximate surface area is 210 Å². The van der Waals surface area contributed by atoms with Crippen LogP contribution in [-0.2, 0) is 9.47 Å². The average Bonchev–Trinajstić information content (AvgIpc) is 3.56. The average molecular weight is 520 g/mol. The molecule has 10 nitrogen and oxygen atoms in total. The molecule has 3 aromatic carbocycles. The summed E-state index contributed by atoms with van der Waals surface area (Å²) in [4.78, 5) is 29.9. The first kappa shape index (κ1) is 22.1. The van der Waals surface area contributed by atoms with Gasteiger partial charge in [-0.2, -0.15) is 0 Å². The number of ether oxygens (including phenoxy) is 2. The van der Waals surface area contributed by atoms with Gasteiger partial charge in [-0.25, -0.2) is 19.6 Å². The molecule has 2 bridgehead atoms. The predicted molar refractivity (Wildman–Crippen MR) is 129 cm³/mol. The molecule has 2 aromatic heterocycles. The van der Waals surface area contributed by atoms with Crippen LogP contribution >= 0.6 is 0 Å². The van der Waals surface area contributed by atoms with E-state index < -0.39 is 54.1 Å². The maximum Gasteiger partial charge on any atom is 0.276 e. The number of rotatable bonds is 1. The van der Waals surface area contributed by atoms with Gasteiger partial charge in [0.05, 0.1) is 34.3 Å². The van der Waals surface area contributed by atoms with Gasteiger partial charge in [-0.05, 0) is 36.4 Å². The highest BCUT2D eigenvalue weighted by molar-refractivity contribution is 6.39. The number of nitrogens with one attached hydrogen (secondary N) is 1. The van der Waals surface area contributed by atoms with Crippen LogP contribution in [0.3, 0.4) is 0 Å². The molecule has 0 spiro atoms. The highest BCUT2D eigenvalue weighted by Crippen LogP contribution is 2.47. The molecule has 5 N–H and O–H groups in total. The summed E-state index contributed by atoms with van der Waals surface area (Å²) < 4.78 is 42.3. The quantitative estimate of drug-likeness (QED) is 0.151. The number of imide groups is 1. The van der Waals surface area contributed by atoms with Gasteiger partial charge >= 0.3 is 0 Å². The number of halogens is 2. The summed E-state index contributed by atoms with van der Waals surface area (Å²) in [6, 6.07) is 7.96. The van der Waals surface area contributed by atoms with Gasteiger partial charge in [-0.15, -0.1) is 0 Å². The third-order valence-electron chi connectivity index (χ3n) is 7.95. The molecule has 8 rings (SSSR count). The van der Waals surface area contributed by atoms with Crippen molar-refractivity contribution in [3.8, 4) is 0 Å². The SMILES string of the molecule is NN1C(=O)c2c(c3c4cc(F)ccc4n([C@@H]4OC5COC([C@@H]5O)[C@H]4O)c3c3[nH]c4ccc(F)cc4c23)C1=O. The minimum absolute atomic E-state index is 0.0240. The van der Waals surface area contributed by atoms with Gasteiger partial charge in [0.1, 0.15) is 36.1 Å². The normalized spacial score (nSPS) is 27.1. The minimum Gasteiger partial charge on any atom is -0.387 e. The van der Waals surface area contributed by atoms with E-state index in [0.29, 0.717) is 32.5 Å². The van der Waals surface area contributed by atoms with E-state index in [1.54, 1.807) is 4.57 Å². The molecular weight excluding hydrogens is 502 g/mol. The summed E-state index contributed by atoms with van der Waals surface area (Å²) in [5.74, 6) is 3.15. The molecule has 2 amide bonds. The van der Waals surface area contributed by atoms with E-state index in [9.17, 15) is 28.6 Å². The van der Waals surface area contributed by atoms with Gasteiger partial charge in [0.25, 0.3) is 11.8 Å². The molecule has 12 heteroatoms. The van der Waals surface area contributed by atoms with Crippen molar-refractivity contribution in [1.29, 1.82) is 0 Å². The summed E-state index contributed by atoms with van der Waals surface area (Å²) in [6.45, 7) is 0.0662. The zero-order valence-corrected chi connectivity index (χ0v) is 19.3. The van der Waals surface area contributed by atoms with Crippen molar-refractivity contribution in [2.45, 2.75) is 30.6 Å². The van der Waals surface area contributed by atoms with Crippen molar-refractivity contribution >= 4 is 55.4 Å². The summed E-state index contributed by atoms with van der Waals surface area (Å²) in [6.07, 6.45) is -5.15. The fourth-order valence-electron chi connectivity index (χ4n) is 6.33. The van der Waals surface area contributed by atoms with Crippen LogP contribution in [0.15, 0.2) is 36.4 Å². The van der Waals surface area contributed by atoms with Gasteiger partial charge in [0.15, 0.2) is 6.23 Å². The Balaban J connectivity index is 1.61. The van der Waals surface area contributed by atoms with E-state index in [2.05, 4.69) is 4.98 Å². The Morgan fingerprint density at radius 1 is 0.947 bits per heavy atom. The van der Waals surface area contributed by atoms with Gasteiger partial charge in [0, 0.05) is 27.1 Å². The highest BCUT2D eigenvalue weighted by atomic mass is 19.1. The third kappa shape index (κ3) is 2.51. The fraction of sp³-hybridized carbons (Fsp3) is 0.231. The number of carbonyl (C=O) groups is 2. The first-order chi connectivity index (χ1) is 18.3. The van der Waals surface area contributed by atoms with Crippen LogP contribution in [0.5, 0.6) is 0 Å². The van der Waals surface area contributed by atoms with Gasteiger partial charge in [-0.1, -0.05) is 0 Å². The van der Waals surface area contributed by atoms with Crippen molar-refractivity contribution in [1.82, 2.24) is 14.6 Å². The summed E-state index contributed by atoms with van der Waals surface area (Å²) in [5, 5.41) is 23.3. The highest BCUT2D eigenvalue weighted by Gasteiger charge is 2.52. The van der Waals surface area contributed by atoms with Crippen molar-refractivity contribution in [2.75, 3.05) is 6.61 Å². The summed E-state index contributed by atoms with van der Waals surface area (Å²) >= 11 is 0. The van der Waals surface area contributed by atoms with E-state index in [1.807, 2.05) is 0 Å². The van der Waals surface area contributed by atoms with E-state index >= 15 is 0 Å². The lowest BCUT2D eigenvalue weighted by molar-refractivity contribution is -0.192. The number of carbonyl (C=O) groups excluding carboxylic acids is 2. The van der Waals surface area contributed by atoms with Crippen molar-refractivity contribution in [2.24, 2.45) is 5.84 Å². The van der Waals surface area contributed by atoms with Gasteiger partial charge in [0.2, 0.25) is 0 Å². The molecule has 3 aliphatic heterocycles. The smallest absolute Gasteiger partial charge is 0.276 e. The Hall–Kier alpha value is -3.94. The molecular formula is C26H18F2N4O6. The maximum absolute atomic E-state index is 14.6. The second-order valence-corrected chi connectivity index (χ2v) is 9.89. The first-order valence-corrected chi connectivity index (χ1v) is 11.9. The van der Waals surface area contributed by atoms with Crippen molar-refractivity contribution in [3.05, 3.63) is 59.2 Å². The number of nitrogens with zero attached hydrogens (tertiary/aromatic N) is 2. The van der Waals surface area contributed by atoms with E-state index in [1.165, 1.54) is 36.4 Å². The van der Waals surface area contributed by atoms with Gasteiger partial charge in [-0.3, -0.25) is 9.59 Å². The van der Waals surface area contributed by atoms with Crippen LogP contribution in [0.4, 0.5) is 8.78 Å². The number of aliphatic hydroxyl groups excluding tert-OH is 2. The van der Waals surface area contributed by atoms with Crippen molar-refractivity contribution in [3.63, 3.8) is 0 Å². The second kappa shape index (κ2) is 7.12. The standard InChI is InChI=1S/C26H18F2N4O6/c27-8-1-3-12-10(5-8)15-17-18(25(36)32(29)24(17)35)16-11-6-9(28)2-4-13(11)31(20(16)19(15)30-12)26-22(34)23-21(33)14(38-26)7-37-23/h1-6,14,21-23,26,30,33-34H,7,29H2/t14?,21-,22-,23?,26-/m1/s1. The van der Waals surface area contributed by atoms with Gasteiger partial charge < -0.3 is 29.2 Å². The topological polar surface area (TPSA) is 143 Å². The lowest BCUT2D eigenvalue weighted by Gasteiger charge is -2.36. The van der Waals surface area contributed by atoms with Crippen LogP contribution in [0.1, 0.15) is 26.9 Å². The largest absolute Gasteiger partial charge is 0.387 e. The summed E-state index contributed by atoms with van der Waals surface area (Å²) in [7, 11) is 0. The monoisotopic (exact) mass is 520 g/mol. The van der Waals surface area contributed by atoms with Crippen LogP contribution in [-0.4, -0.2) is 67.6 Å². The van der Waals surface area contributed by atoms with Crippen molar-refractivity contribution < 1.29 is 38.1 Å². The number of aromatic nitrogens is 2. The Morgan fingerprint density at radius 3 is 2.39 bits per heavy atom. The van der Waals surface area contributed by atoms with E-state index in [4.69, 9.17) is 15.3 Å². The first-order valence-electron chi connectivity index (χ1n) is 11.9. The van der Waals surface area contributed by atoms with Crippen LogP contribution in [0.2, 0.25) is 0 Å². The molecule has 192 valence electrons. The number of hydrogen-bond donors (Lipinski definition) is 4. The second-order valence-electron chi connectivity index (χ2n) is 9.89. The Morgan fingerprint density at radius 2 is 1.63 bits per heavy atom. The van der Waals surface area contributed by atoms with Crippen LogP contribution < -0.4 is 5.84 Å². The summed E-state index contributed by atoms with van der Waals surface area (Å²) in [5.41, 5.74) is 1.48. The molecule has 2 saturated heterocycles. The molecule has 5 heterocycles.